The highest BCUT2D eigenvalue weighted by Gasteiger charge is 2.39. The van der Waals surface area contributed by atoms with Crippen LogP contribution in [0.3, 0.4) is 0 Å². The Morgan fingerprint density at radius 2 is 2.21 bits per heavy atom. The van der Waals surface area contributed by atoms with Crippen LogP contribution in [0.4, 0.5) is 0 Å². The second kappa shape index (κ2) is 4.44. The minimum atomic E-state index is -1.01. The summed E-state index contributed by atoms with van der Waals surface area (Å²) in [6.07, 6.45) is 4.38. The molecule has 0 aromatic rings. The van der Waals surface area contributed by atoms with E-state index in [0.29, 0.717) is 25.2 Å². The number of carbonyl (C=O) groups excluding carboxylic acids is 1. The number of rotatable bonds is 3. The van der Waals surface area contributed by atoms with E-state index in [2.05, 4.69) is 12.2 Å². The first-order valence-electron chi connectivity index (χ1n) is 5.05. The SMILES string of the molecule is CC1CCCC(NC=O)(C(=O)O)CC1. The molecule has 2 N–H and O–H groups in total. The molecule has 14 heavy (non-hydrogen) atoms. The normalized spacial score (nSPS) is 33.1. The standard InChI is InChI=1S/C10H17NO3/c1-8-3-2-5-10(6-4-8,9(13)14)11-7-12/h7-8H,2-6H2,1H3,(H,11,12)(H,13,14). The van der Waals surface area contributed by atoms with E-state index >= 15 is 0 Å². The third-order valence-electron chi connectivity index (χ3n) is 3.11. The summed E-state index contributed by atoms with van der Waals surface area (Å²) in [6.45, 7) is 2.12. The summed E-state index contributed by atoms with van der Waals surface area (Å²) >= 11 is 0. The van der Waals surface area contributed by atoms with Crippen molar-refractivity contribution in [3.8, 4) is 0 Å². The van der Waals surface area contributed by atoms with Crippen LogP contribution in [0, 0.1) is 5.92 Å². The predicted molar refractivity (Wildman–Crippen MR) is 51.8 cm³/mol. The molecule has 0 saturated heterocycles. The first-order valence-corrected chi connectivity index (χ1v) is 5.05. The van der Waals surface area contributed by atoms with Crippen LogP contribution >= 0.6 is 0 Å². The van der Waals surface area contributed by atoms with Gasteiger partial charge in [-0.1, -0.05) is 19.8 Å². The molecule has 1 fully saturated rings. The molecule has 4 nitrogen and oxygen atoms in total. The summed E-state index contributed by atoms with van der Waals surface area (Å²) in [5, 5.41) is 11.6. The van der Waals surface area contributed by atoms with E-state index in [1.165, 1.54) is 0 Å². The predicted octanol–water partition coefficient (Wildman–Crippen LogP) is 1.16. The van der Waals surface area contributed by atoms with Crippen molar-refractivity contribution in [3.05, 3.63) is 0 Å². The number of hydrogen-bond donors (Lipinski definition) is 2. The summed E-state index contributed by atoms with van der Waals surface area (Å²) in [4.78, 5) is 21.5. The minimum absolute atomic E-state index is 0.504. The van der Waals surface area contributed by atoms with Gasteiger partial charge in [0.15, 0.2) is 0 Å². The Bertz CT molecular complexity index is 229. The molecule has 0 aliphatic heterocycles. The molecule has 1 amide bonds. The third kappa shape index (κ3) is 2.25. The Kier molecular flexibility index (Phi) is 3.49. The molecular weight excluding hydrogens is 182 g/mol. The van der Waals surface area contributed by atoms with E-state index < -0.39 is 11.5 Å². The van der Waals surface area contributed by atoms with Crippen molar-refractivity contribution < 1.29 is 14.7 Å². The molecule has 0 heterocycles. The lowest BCUT2D eigenvalue weighted by Crippen LogP contribution is -2.51. The third-order valence-corrected chi connectivity index (χ3v) is 3.11. The average molecular weight is 199 g/mol. The molecule has 0 bridgehead atoms. The van der Waals surface area contributed by atoms with Crippen LogP contribution in [0.2, 0.25) is 0 Å². The molecule has 1 rings (SSSR count). The highest BCUT2D eigenvalue weighted by Crippen LogP contribution is 2.30. The number of carbonyl (C=O) groups is 2. The van der Waals surface area contributed by atoms with Crippen molar-refractivity contribution in [2.45, 2.75) is 44.6 Å². The maximum absolute atomic E-state index is 11.1. The van der Waals surface area contributed by atoms with Gasteiger partial charge in [0, 0.05) is 0 Å². The molecular formula is C10H17NO3. The van der Waals surface area contributed by atoms with Crippen molar-refractivity contribution in [2.75, 3.05) is 0 Å². The van der Waals surface area contributed by atoms with Crippen LogP contribution in [0.15, 0.2) is 0 Å². The van der Waals surface area contributed by atoms with Gasteiger partial charge in [-0.05, 0) is 25.2 Å². The fraction of sp³-hybridized carbons (Fsp3) is 0.800. The number of nitrogens with one attached hydrogen (secondary N) is 1. The van der Waals surface area contributed by atoms with Crippen LogP contribution in [-0.4, -0.2) is 23.0 Å². The zero-order valence-electron chi connectivity index (χ0n) is 8.45. The molecule has 0 spiro atoms. The summed E-state index contributed by atoms with van der Waals surface area (Å²) in [6, 6.07) is 0. The highest BCUT2D eigenvalue weighted by molar-refractivity contribution is 5.81. The van der Waals surface area contributed by atoms with Crippen LogP contribution in [0.5, 0.6) is 0 Å². The quantitative estimate of drug-likeness (QED) is 0.529. The van der Waals surface area contributed by atoms with Crippen molar-refractivity contribution in [1.82, 2.24) is 5.32 Å². The zero-order chi connectivity index (χ0) is 10.6. The van der Waals surface area contributed by atoms with Gasteiger partial charge in [0.1, 0.15) is 5.54 Å². The smallest absolute Gasteiger partial charge is 0.329 e. The Hall–Kier alpha value is -1.06. The van der Waals surface area contributed by atoms with E-state index in [1.54, 1.807) is 0 Å². The summed E-state index contributed by atoms with van der Waals surface area (Å²) in [7, 11) is 0. The Morgan fingerprint density at radius 1 is 1.50 bits per heavy atom. The minimum Gasteiger partial charge on any atom is -0.480 e. The topological polar surface area (TPSA) is 66.4 Å². The van der Waals surface area contributed by atoms with E-state index in [4.69, 9.17) is 5.11 Å². The maximum Gasteiger partial charge on any atom is 0.329 e. The van der Waals surface area contributed by atoms with Gasteiger partial charge in [-0.3, -0.25) is 4.79 Å². The first-order chi connectivity index (χ1) is 6.60. The fourth-order valence-corrected chi connectivity index (χ4v) is 2.05. The molecule has 4 heteroatoms. The molecule has 80 valence electrons. The second-order valence-electron chi connectivity index (χ2n) is 4.19. The molecule has 0 aromatic heterocycles. The monoisotopic (exact) mass is 199 g/mol. The van der Waals surface area contributed by atoms with Gasteiger partial charge in [0.25, 0.3) is 0 Å². The van der Waals surface area contributed by atoms with Gasteiger partial charge >= 0.3 is 5.97 Å². The van der Waals surface area contributed by atoms with Crippen molar-refractivity contribution in [3.63, 3.8) is 0 Å². The lowest BCUT2D eigenvalue weighted by Gasteiger charge is -2.27. The van der Waals surface area contributed by atoms with Gasteiger partial charge in [0.05, 0.1) is 0 Å². The van der Waals surface area contributed by atoms with Crippen LogP contribution in [-0.2, 0) is 9.59 Å². The number of amides is 1. The summed E-state index contributed by atoms with van der Waals surface area (Å²) in [5.41, 5.74) is -1.01. The fourth-order valence-electron chi connectivity index (χ4n) is 2.05. The Balaban J connectivity index is 2.75. The second-order valence-corrected chi connectivity index (χ2v) is 4.19. The first kappa shape index (κ1) is 11.0. The van der Waals surface area contributed by atoms with Crippen LogP contribution in [0.25, 0.3) is 0 Å². The Morgan fingerprint density at radius 3 is 2.79 bits per heavy atom. The lowest BCUT2D eigenvalue weighted by molar-refractivity contribution is -0.146. The number of hydrogen-bond acceptors (Lipinski definition) is 2. The van der Waals surface area contributed by atoms with Crippen molar-refractivity contribution in [1.29, 1.82) is 0 Å². The molecule has 0 radical (unpaired) electrons. The Labute approximate surface area is 83.7 Å². The van der Waals surface area contributed by atoms with E-state index in [9.17, 15) is 9.59 Å². The molecule has 1 aliphatic rings. The van der Waals surface area contributed by atoms with Crippen molar-refractivity contribution in [2.24, 2.45) is 5.92 Å². The molecule has 2 unspecified atom stereocenters. The summed E-state index contributed by atoms with van der Waals surface area (Å²) in [5.74, 6) is -0.344. The van der Waals surface area contributed by atoms with Gasteiger partial charge in [0.2, 0.25) is 6.41 Å². The largest absolute Gasteiger partial charge is 0.480 e. The summed E-state index contributed by atoms with van der Waals surface area (Å²) < 4.78 is 0. The molecule has 1 saturated carbocycles. The van der Waals surface area contributed by atoms with Gasteiger partial charge in [-0.2, -0.15) is 0 Å². The van der Waals surface area contributed by atoms with E-state index in [1.807, 2.05) is 0 Å². The zero-order valence-corrected chi connectivity index (χ0v) is 8.45. The average Bonchev–Trinajstić information content (AvgIpc) is 2.30. The van der Waals surface area contributed by atoms with E-state index in [0.717, 1.165) is 19.3 Å². The van der Waals surface area contributed by atoms with Crippen molar-refractivity contribution >= 4 is 12.4 Å². The van der Waals surface area contributed by atoms with Gasteiger partial charge in [-0.25, -0.2) is 4.79 Å². The molecule has 1 aliphatic carbocycles. The number of carboxylic acid groups (broad SMARTS) is 1. The maximum atomic E-state index is 11.1. The number of aliphatic carboxylic acids is 1. The molecule has 0 aromatic carbocycles. The molecule has 2 atom stereocenters. The van der Waals surface area contributed by atoms with Gasteiger partial charge in [-0.15, -0.1) is 0 Å². The van der Waals surface area contributed by atoms with E-state index in [-0.39, 0.29) is 0 Å². The van der Waals surface area contributed by atoms with Crippen LogP contribution < -0.4 is 5.32 Å². The van der Waals surface area contributed by atoms with Crippen LogP contribution in [0.1, 0.15) is 39.0 Å². The lowest BCUT2D eigenvalue weighted by atomic mass is 9.90. The number of carboxylic acids is 1. The van der Waals surface area contributed by atoms with Gasteiger partial charge < -0.3 is 10.4 Å². The highest BCUT2D eigenvalue weighted by atomic mass is 16.4.